The lowest BCUT2D eigenvalue weighted by molar-refractivity contribution is 0.0585. The lowest BCUT2D eigenvalue weighted by Crippen LogP contribution is -2.19. The molecule has 0 bridgehead atoms. The zero-order valence-corrected chi connectivity index (χ0v) is 14.2. The van der Waals surface area contributed by atoms with E-state index >= 15 is 0 Å². The predicted molar refractivity (Wildman–Crippen MR) is 83.2 cm³/mol. The van der Waals surface area contributed by atoms with E-state index in [4.69, 9.17) is 0 Å². The molecule has 0 aliphatic heterocycles. The van der Waals surface area contributed by atoms with Crippen molar-refractivity contribution in [2.45, 2.75) is 5.03 Å². The third-order valence-corrected chi connectivity index (χ3v) is 5.37. The van der Waals surface area contributed by atoms with Crippen LogP contribution < -0.4 is 4.72 Å². The van der Waals surface area contributed by atoms with E-state index < -0.39 is 22.0 Å². The van der Waals surface area contributed by atoms with Crippen LogP contribution in [0.4, 0.5) is 5.69 Å². The summed E-state index contributed by atoms with van der Waals surface area (Å²) in [4.78, 5) is 23.3. The van der Waals surface area contributed by atoms with Gasteiger partial charge in [-0.1, -0.05) is 0 Å². The molecule has 0 unspecified atom stereocenters. The molecule has 124 valence electrons. The molecule has 2 rings (SSSR count). The number of sulfonamides is 1. The van der Waals surface area contributed by atoms with Gasteiger partial charge in [0.25, 0.3) is 10.0 Å². The average Bonchev–Trinajstić information content (AvgIpc) is 3.12. The second-order valence-electron chi connectivity index (χ2n) is 4.37. The van der Waals surface area contributed by atoms with E-state index in [2.05, 4.69) is 14.2 Å². The first-order valence-corrected chi connectivity index (χ1v) is 8.60. The van der Waals surface area contributed by atoms with Crippen molar-refractivity contribution in [3.8, 4) is 0 Å². The number of hydrogen-bond acceptors (Lipinski definition) is 7. The fourth-order valence-electron chi connectivity index (χ4n) is 1.91. The second-order valence-corrected chi connectivity index (χ2v) is 6.91. The van der Waals surface area contributed by atoms with Gasteiger partial charge in [-0.2, -0.15) is 8.42 Å². The van der Waals surface area contributed by atoms with Crippen molar-refractivity contribution in [3.63, 3.8) is 0 Å². The highest BCUT2D eigenvalue weighted by atomic mass is 32.2. The van der Waals surface area contributed by atoms with Crippen LogP contribution in [0, 0.1) is 0 Å². The summed E-state index contributed by atoms with van der Waals surface area (Å²) in [6, 6.07) is 4.08. The molecule has 0 saturated heterocycles. The van der Waals surface area contributed by atoms with Gasteiger partial charge in [0.05, 0.1) is 19.9 Å². The Morgan fingerprint density at radius 1 is 1.13 bits per heavy atom. The summed E-state index contributed by atoms with van der Waals surface area (Å²) in [5.74, 6) is -1.29. The Labute approximate surface area is 136 Å². The van der Waals surface area contributed by atoms with Crippen LogP contribution >= 0.6 is 11.3 Å². The van der Waals surface area contributed by atoms with Crippen molar-refractivity contribution in [1.29, 1.82) is 0 Å². The molecule has 1 N–H and O–H groups in total. The number of ether oxygens (including phenoxy) is 2. The minimum Gasteiger partial charge on any atom is -0.465 e. The Morgan fingerprint density at radius 2 is 1.78 bits per heavy atom. The Kier molecular flexibility index (Phi) is 4.76. The monoisotopic (exact) mass is 358 g/mol. The molecule has 0 aromatic carbocycles. The van der Waals surface area contributed by atoms with Crippen LogP contribution in [0.2, 0.25) is 0 Å². The number of aromatic nitrogens is 1. The van der Waals surface area contributed by atoms with Crippen LogP contribution in [0.1, 0.15) is 20.2 Å². The van der Waals surface area contributed by atoms with E-state index in [1.807, 2.05) is 0 Å². The topological polar surface area (TPSA) is 104 Å². The lowest BCUT2D eigenvalue weighted by atomic mass is 10.4. The van der Waals surface area contributed by atoms with Gasteiger partial charge in [0.15, 0.2) is 5.03 Å². The third kappa shape index (κ3) is 3.22. The van der Waals surface area contributed by atoms with Crippen molar-refractivity contribution in [2.24, 2.45) is 7.05 Å². The summed E-state index contributed by atoms with van der Waals surface area (Å²) in [5, 5.41) is 1.43. The first-order chi connectivity index (χ1) is 10.8. The minimum atomic E-state index is -3.99. The van der Waals surface area contributed by atoms with Gasteiger partial charge in [0.1, 0.15) is 10.6 Å². The van der Waals surface area contributed by atoms with Gasteiger partial charge in [-0.15, -0.1) is 11.3 Å². The summed E-state index contributed by atoms with van der Waals surface area (Å²) in [6.45, 7) is 0. The van der Waals surface area contributed by atoms with E-state index in [0.717, 1.165) is 11.3 Å². The standard InChI is InChI=1S/C13H14N2O6S2/c1-15-9(12(16)20-2)4-5-10(15)23(18,19)14-8-6-7-22-11(8)13(17)21-3/h4-7,14H,1-3H3. The number of methoxy groups -OCH3 is 2. The number of rotatable bonds is 5. The number of nitrogens with zero attached hydrogens (tertiary/aromatic N) is 1. The van der Waals surface area contributed by atoms with Crippen LogP contribution in [-0.4, -0.2) is 39.1 Å². The SMILES string of the molecule is COC(=O)c1sccc1NS(=O)(=O)c1ccc(C(=O)OC)n1C. The van der Waals surface area contributed by atoms with E-state index in [9.17, 15) is 18.0 Å². The molecule has 0 amide bonds. The van der Waals surface area contributed by atoms with E-state index in [-0.39, 0.29) is 21.3 Å². The number of hydrogen-bond donors (Lipinski definition) is 1. The van der Waals surface area contributed by atoms with Crippen LogP contribution in [0.3, 0.4) is 0 Å². The number of esters is 2. The molecule has 2 aromatic heterocycles. The molecule has 0 fully saturated rings. The summed E-state index contributed by atoms with van der Waals surface area (Å²) in [7, 11) is -0.156. The summed E-state index contributed by atoms with van der Waals surface area (Å²) < 4.78 is 37.6. The molecule has 10 heteroatoms. The first kappa shape index (κ1) is 17.0. The molecule has 2 aromatic rings. The number of carbonyl (C=O) groups excluding carboxylic acids is 2. The fourth-order valence-corrected chi connectivity index (χ4v) is 4.01. The van der Waals surface area contributed by atoms with Crippen molar-refractivity contribution >= 4 is 39.0 Å². The smallest absolute Gasteiger partial charge is 0.354 e. The molecular formula is C13H14N2O6S2. The van der Waals surface area contributed by atoms with Gasteiger partial charge in [-0.3, -0.25) is 4.72 Å². The molecule has 0 saturated carbocycles. The first-order valence-electron chi connectivity index (χ1n) is 6.24. The number of thiophene rings is 1. The highest BCUT2D eigenvalue weighted by molar-refractivity contribution is 7.92. The largest absolute Gasteiger partial charge is 0.465 e. The zero-order valence-electron chi connectivity index (χ0n) is 12.5. The maximum Gasteiger partial charge on any atom is 0.354 e. The molecule has 0 radical (unpaired) electrons. The van der Waals surface area contributed by atoms with Crippen molar-refractivity contribution in [1.82, 2.24) is 4.57 Å². The van der Waals surface area contributed by atoms with Crippen LogP contribution in [0.25, 0.3) is 0 Å². The van der Waals surface area contributed by atoms with Gasteiger partial charge in [0.2, 0.25) is 0 Å². The zero-order chi connectivity index (χ0) is 17.2. The Bertz CT molecular complexity index is 850. The maximum absolute atomic E-state index is 12.5. The summed E-state index contributed by atoms with van der Waals surface area (Å²) in [6.07, 6.45) is 0. The van der Waals surface area contributed by atoms with Crippen molar-refractivity contribution < 1.29 is 27.5 Å². The molecule has 0 atom stereocenters. The quantitative estimate of drug-likeness (QED) is 0.812. The Balaban J connectivity index is 2.38. The summed E-state index contributed by atoms with van der Waals surface area (Å²) >= 11 is 1.05. The van der Waals surface area contributed by atoms with Crippen LogP contribution in [0.5, 0.6) is 0 Å². The van der Waals surface area contributed by atoms with Crippen LogP contribution in [0.15, 0.2) is 28.6 Å². The molecule has 0 aliphatic rings. The maximum atomic E-state index is 12.5. The number of anilines is 1. The lowest BCUT2D eigenvalue weighted by Gasteiger charge is -2.10. The Morgan fingerprint density at radius 3 is 2.39 bits per heavy atom. The molecule has 8 nitrogen and oxygen atoms in total. The van der Waals surface area contributed by atoms with Crippen molar-refractivity contribution in [2.75, 3.05) is 18.9 Å². The van der Waals surface area contributed by atoms with Gasteiger partial charge in [-0.05, 0) is 23.6 Å². The highest BCUT2D eigenvalue weighted by Crippen LogP contribution is 2.26. The van der Waals surface area contributed by atoms with Gasteiger partial charge >= 0.3 is 11.9 Å². The molecule has 23 heavy (non-hydrogen) atoms. The van der Waals surface area contributed by atoms with E-state index in [1.165, 1.54) is 44.0 Å². The normalized spacial score (nSPS) is 11.1. The third-order valence-electron chi connectivity index (χ3n) is 3.03. The molecular weight excluding hydrogens is 344 g/mol. The molecule has 0 aliphatic carbocycles. The molecule has 2 heterocycles. The summed E-state index contributed by atoms with van der Waals surface area (Å²) in [5.41, 5.74) is 0.203. The predicted octanol–water partition coefficient (Wildman–Crippen LogP) is 1.46. The average molecular weight is 358 g/mol. The minimum absolute atomic E-state index is 0.0892. The second kappa shape index (κ2) is 6.42. The van der Waals surface area contributed by atoms with Crippen LogP contribution in [-0.2, 0) is 26.5 Å². The van der Waals surface area contributed by atoms with Crippen molar-refractivity contribution in [3.05, 3.63) is 34.2 Å². The Hall–Kier alpha value is -2.33. The van der Waals surface area contributed by atoms with E-state index in [0.29, 0.717) is 0 Å². The van der Waals surface area contributed by atoms with Gasteiger partial charge in [0, 0.05) is 7.05 Å². The fraction of sp³-hybridized carbons (Fsp3) is 0.231. The van der Waals surface area contributed by atoms with E-state index in [1.54, 1.807) is 5.38 Å². The molecule has 0 spiro atoms. The number of nitrogens with one attached hydrogen (secondary N) is 1. The number of carbonyl (C=O) groups is 2. The van der Waals surface area contributed by atoms with Gasteiger partial charge in [-0.25, -0.2) is 9.59 Å². The van der Waals surface area contributed by atoms with Gasteiger partial charge < -0.3 is 14.0 Å². The highest BCUT2D eigenvalue weighted by Gasteiger charge is 2.25.